The summed E-state index contributed by atoms with van der Waals surface area (Å²) in [6, 6.07) is 9.55. The summed E-state index contributed by atoms with van der Waals surface area (Å²) in [6.07, 6.45) is 1.48. The lowest BCUT2D eigenvalue weighted by Crippen LogP contribution is -2.04. The smallest absolute Gasteiger partial charge is 0.205 e. The molecule has 3 aromatic rings. The van der Waals surface area contributed by atoms with E-state index in [0.29, 0.717) is 35.1 Å². The second-order valence-electron chi connectivity index (χ2n) is 5.59. The molecular weight excluding hydrogens is 334 g/mol. The highest BCUT2D eigenvalue weighted by atomic mass is 16.5. The molecule has 3 rings (SSSR count). The third kappa shape index (κ3) is 3.34. The van der Waals surface area contributed by atoms with E-state index in [2.05, 4.69) is 15.3 Å². The predicted molar refractivity (Wildman–Crippen MR) is 98.9 cm³/mol. The summed E-state index contributed by atoms with van der Waals surface area (Å²) >= 11 is 0. The quantitative estimate of drug-likeness (QED) is 0.674. The number of aromatic nitrogens is 2. The van der Waals surface area contributed by atoms with Gasteiger partial charge < -0.3 is 24.6 Å². The molecule has 2 aromatic carbocycles. The fourth-order valence-corrected chi connectivity index (χ4v) is 2.75. The van der Waals surface area contributed by atoms with Gasteiger partial charge in [-0.1, -0.05) is 24.3 Å². The van der Waals surface area contributed by atoms with Crippen LogP contribution in [0.1, 0.15) is 11.1 Å². The summed E-state index contributed by atoms with van der Waals surface area (Å²) in [5.41, 5.74) is 2.59. The second-order valence-corrected chi connectivity index (χ2v) is 5.59. The molecule has 0 fully saturated rings. The number of nitrogens with zero attached hydrogens (tertiary/aromatic N) is 2. The Morgan fingerprint density at radius 1 is 0.923 bits per heavy atom. The number of hydrogen-bond acceptors (Lipinski definition) is 7. The zero-order chi connectivity index (χ0) is 18.5. The van der Waals surface area contributed by atoms with Crippen LogP contribution in [-0.2, 0) is 13.2 Å². The molecular formula is C19H21N3O4. The van der Waals surface area contributed by atoms with Crippen molar-refractivity contribution in [3.8, 4) is 17.2 Å². The van der Waals surface area contributed by atoms with E-state index in [1.165, 1.54) is 6.33 Å². The van der Waals surface area contributed by atoms with E-state index in [0.717, 1.165) is 16.5 Å². The molecule has 7 nitrogen and oxygen atoms in total. The van der Waals surface area contributed by atoms with Gasteiger partial charge >= 0.3 is 0 Å². The summed E-state index contributed by atoms with van der Waals surface area (Å²) in [6.45, 7) is 0.611. The van der Waals surface area contributed by atoms with Gasteiger partial charge in [0.25, 0.3) is 0 Å². The minimum absolute atomic E-state index is 0.0334. The monoisotopic (exact) mass is 355 g/mol. The molecule has 0 unspecified atom stereocenters. The van der Waals surface area contributed by atoms with Crippen molar-refractivity contribution >= 4 is 16.7 Å². The third-order valence-electron chi connectivity index (χ3n) is 4.10. The molecule has 1 aromatic heterocycles. The zero-order valence-corrected chi connectivity index (χ0v) is 14.9. The van der Waals surface area contributed by atoms with Crippen molar-refractivity contribution in [2.45, 2.75) is 13.2 Å². The fourth-order valence-electron chi connectivity index (χ4n) is 2.75. The largest absolute Gasteiger partial charge is 0.493 e. The standard InChI is InChI=1S/C19H21N3O4/c1-24-15-8-14-16(18(26-3)17(15)25-2)21-11-22-19(14)20-9-12-4-6-13(10-23)7-5-12/h4-8,11,23H,9-10H2,1-3H3,(H,20,21,22). The summed E-state index contributed by atoms with van der Waals surface area (Å²) < 4.78 is 16.3. The third-order valence-corrected chi connectivity index (χ3v) is 4.10. The van der Waals surface area contributed by atoms with Gasteiger partial charge in [-0.15, -0.1) is 0 Å². The number of methoxy groups -OCH3 is 3. The average molecular weight is 355 g/mol. The number of anilines is 1. The van der Waals surface area contributed by atoms with E-state index >= 15 is 0 Å². The lowest BCUT2D eigenvalue weighted by atomic mass is 10.1. The van der Waals surface area contributed by atoms with Crippen LogP contribution >= 0.6 is 0 Å². The van der Waals surface area contributed by atoms with Gasteiger partial charge in [-0.05, 0) is 17.2 Å². The molecule has 0 aliphatic heterocycles. The van der Waals surface area contributed by atoms with Crippen molar-refractivity contribution in [3.05, 3.63) is 47.8 Å². The Kier molecular flexibility index (Phi) is 5.38. The lowest BCUT2D eigenvalue weighted by Gasteiger charge is -2.16. The number of nitrogens with one attached hydrogen (secondary N) is 1. The molecule has 0 radical (unpaired) electrons. The van der Waals surface area contributed by atoms with E-state index in [1.54, 1.807) is 21.3 Å². The van der Waals surface area contributed by atoms with E-state index in [1.807, 2.05) is 30.3 Å². The first-order valence-corrected chi connectivity index (χ1v) is 8.08. The van der Waals surface area contributed by atoms with Crippen LogP contribution < -0.4 is 19.5 Å². The van der Waals surface area contributed by atoms with Crippen molar-refractivity contribution in [2.75, 3.05) is 26.6 Å². The Balaban J connectivity index is 1.97. The first-order valence-electron chi connectivity index (χ1n) is 8.08. The molecule has 0 saturated heterocycles. The first kappa shape index (κ1) is 17.8. The van der Waals surface area contributed by atoms with Crippen LogP contribution in [0.15, 0.2) is 36.7 Å². The highest BCUT2D eigenvalue weighted by Gasteiger charge is 2.19. The molecule has 2 N–H and O–H groups in total. The van der Waals surface area contributed by atoms with Crippen molar-refractivity contribution < 1.29 is 19.3 Å². The van der Waals surface area contributed by atoms with Gasteiger partial charge in [-0.25, -0.2) is 9.97 Å². The van der Waals surface area contributed by atoms with Gasteiger partial charge in [-0.2, -0.15) is 0 Å². The highest BCUT2D eigenvalue weighted by molar-refractivity contribution is 5.96. The molecule has 136 valence electrons. The number of hydrogen-bond donors (Lipinski definition) is 2. The van der Waals surface area contributed by atoms with Gasteiger partial charge in [0.15, 0.2) is 11.5 Å². The molecule has 1 heterocycles. The van der Waals surface area contributed by atoms with Crippen LogP contribution in [0.25, 0.3) is 10.9 Å². The van der Waals surface area contributed by atoms with Crippen molar-refractivity contribution in [3.63, 3.8) is 0 Å². The Bertz CT molecular complexity index is 897. The number of benzene rings is 2. The minimum Gasteiger partial charge on any atom is -0.493 e. The highest BCUT2D eigenvalue weighted by Crippen LogP contribution is 2.43. The number of ether oxygens (including phenoxy) is 3. The number of aliphatic hydroxyl groups excluding tert-OH is 1. The van der Waals surface area contributed by atoms with Crippen LogP contribution in [0.5, 0.6) is 17.2 Å². The summed E-state index contributed by atoms with van der Waals surface area (Å²) in [4.78, 5) is 8.68. The summed E-state index contributed by atoms with van der Waals surface area (Å²) in [7, 11) is 4.69. The normalized spacial score (nSPS) is 10.6. The molecule has 0 bridgehead atoms. The summed E-state index contributed by atoms with van der Waals surface area (Å²) in [5, 5.41) is 13.2. The van der Waals surface area contributed by atoms with Crippen molar-refractivity contribution in [1.29, 1.82) is 0 Å². The van der Waals surface area contributed by atoms with Crippen molar-refractivity contribution in [1.82, 2.24) is 9.97 Å². The van der Waals surface area contributed by atoms with Crippen LogP contribution in [0.3, 0.4) is 0 Å². The SMILES string of the molecule is COc1cc2c(NCc3ccc(CO)cc3)ncnc2c(OC)c1OC. The zero-order valence-electron chi connectivity index (χ0n) is 14.9. The fraction of sp³-hybridized carbons (Fsp3) is 0.263. The Morgan fingerprint density at radius 2 is 1.62 bits per heavy atom. The summed E-state index contributed by atoms with van der Waals surface area (Å²) in [5.74, 6) is 2.20. The van der Waals surface area contributed by atoms with Crippen LogP contribution in [0.4, 0.5) is 5.82 Å². The van der Waals surface area contributed by atoms with Gasteiger partial charge in [-0.3, -0.25) is 0 Å². The Hall–Kier alpha value is -3.06. The molecule has 26 heavy (non-hydrogen) atoms. The number of aliphatic hydroxyl groups is 1. The first-order chi connectivity index (χ1) is 12.7. The molecule has 0 amide bonds. The van der Waals surface area contributed by atoms with Crippen LogP contribution in [-0.4, -0.2) is 36.4 Å². The van der Waals surface area contributed by atoms with Gasteiger partial charge in [0.2, 0.25) is 5.75 Å². The van der Waals surface area contributed by atoms with Crippen LogP contribution in [0, 0.1) is 0 Å². The average Bonchev–Trinajstić information content (AvgIpc) is 2.70. The Morgan fingerprint density at radius 3 is 2.23 bits per heavy atom. The van der Waals surface area contributed by atoms with E-state index in [9.17, 15) is 0 Å². The topological polar surface area (TPSA) is 85.7 Å². The second kappa shape index (κ2) is 7.88. The van der Waals surface area contributed by atoms with Crippen LogP contribution in [0.2, 0.25) is 0 Å². The molecule has 0 aliphatic carbocycles. The maximum atomic E-state index is 9.13. The Labute approximate surface area is 151 Å². The number of rotatable bonds is 7. The van der Waals surface area contributed by atoms with Gasteiger partial charge in [0.1, 0.15) is 17.7 Å². The minimum atomic E-state index is 0.0334. The van der Waals surface area contributed by atoms with Crippen molar-refractivity contribution in [2.24, 2.45) is 0 Å². The van der Waals surface area contributed by atoms with Gasteiger partial charge in [0.05, 0.1) is 33.3 Å². The van der Waals surface area contributed by atoms with E-state index in [4.69, 9.17) is 19.3 Å². The molecule has 0 atom stereocenters. The molecule has 0 aliphatic rings. The number of fused-ring (bicyclic) bond motifs is 1. The maximum Gasteiger partial charge on any atom is 0.205 e. The molecule has 7 heteroatoms. The lowest BCUT2D eigenvalue weighted by molar-refractivity contribution is 0.282. The van der Waals surface area contributed by atoms with E-state index in [-0.39, 0.29) is 6.61 Å². The molecule has 0 saturated carbocycles. The predicted octanol–water partition coefficient (Wildman–Crippen LogP) is 2.76. The van der Waals surface area contributed by atoms with Gasteiger partial charge in [0, 0.05) is 6.54 Å². The molecule has 0 spiro atoms. The van der Waals surface area contributed by atoms with E-state index < -0.39 is 0 Å². The maximum absolute atomic E-state index is 9.13.